The molecule has 0 bridgehead atoms. The molecule has 4 aromatic rings. The lowest BCUT2D eigenvalue weighted by molar-refractivity contribution is -0.117. The summed E-state index contributed by atoms with van der Waals surface area (Å²) in [6.07, 6.45) is 1.52. The maximum absolute atomic E-state index is 12.0. The molecule has 10 heteroatoms. The molecule has 0 saturated carbocycles. The van der Waals surface area contributed by atoms with Crippen molar-refractivity contribution < 1.29 is 14.0 Å². The molecular weight excluding hydrogens is 374 g/mol. The highest BCUT2D eigenvalue weighted by Gasteiger charge is 2.15. The van der Waals surface area contributed by atoms with Crippen LogP contribution >= 0.6 is 23.1 Å². The molecule has 0 spiro atoms. The van der Waals surface area contributed by atoms with Gasteiger partial charge in [0.1, 0.15) is 5.76 Å². The lowest BCUT2D eigenvalue weighted by Crippen LogP contribution is -2.39. The molecule has 26 heavy (non-hydrogen) atoms. The maximum atomic E-state index is 12.0. The molecule has 3 aromatic heterocycles. The van der Waals surface area contributed by atoms with Crippen LogP contribution in [0.5, 0.6) is 0 Å². The minimum Gasteiger partial charge on any atom is -0.467 e. The van der Waals surface area contributed by atoms with Crippen LogP contribution in [0.3, 0.4) is 0 Å². The monoisotopic (exact) mass is 387 g/mol. The van der Waals surface area contributed by atoms with Gasteiger partial charge in [0.25, 0.3) is 0 Å². The third kappa shape index (κ3) is 3.41. The number of para-hydroxylation sites is 1. The number of amides is 3. The fourth-order valence-electron chi connectivity index (χ4n) is 2.37. The van der Waals surface area contributed by atoms with E-state index in [0.29, 0.717) is 10.9 Å². The van der Waals surface area contributed by atoms with Crippen molar-refractivity contribution in [3.8, 4) is 0 Å². The molecule has 0 unspecified atom stereocenters. The summed E-state index contributed by atoms with van der Waals surface area (Å²) in [5, 5.41) is 13.7. The van der Waals surface area contributed by atoms with Crippen molar-refractivity contribution in [1.29, 1.82) is 0 Å². The molecule has 0 aliphatic heterocycles. The zero-order valence-electron chi connectivity index (χ0n) is 13.3. The standard InChI is InChI=1S/C16H13N5O3S2/c22-13(18-14(23)17-8-10-4-3-7-24-10)9-25-15-19-20-16-21(15)11-5-1-2-6-12(11)26-16/h1-7H,8-9H2,(H2,17,18,22,23). The summed E-state index contributed by atoms with van der Waals surface area (Å²) < 4.78 is 8.11. The van der Waals surface area contributed by atoms with Gasteiger partial charge in [-0.3, -0.25) is 14.5 Å². The molecule has 1 aromatic carbocycles. The molecule has 8 nitrogen and oxygen atoms in total. The van der Waals surface area contributed by atoms with Crippen LogP contribution in [-0.2, 0) is 11.3 Å². The number of imide groups is 1. The first-order valence-corrected chi connectivity index (χ1v) is 9.46. The number of thiazole rings is 1. The number of hydrogen-bond acceptors (Lipinski definition) is 7. The zero-order chi connectivity index (χ0) is 17.9. The Bertz CT molecular complexity index is 1070. The average molecular weight is 387 g/mol. The largest absolute Gasteiger partial charge is 0.467 e. The smallest absolute Gasteiger partial charge is 0.321 e. The Hall–Kier alpha value is -2.85. The molecule has 0 saturated heterocycles. The van der Waals surface area contributed by atoms with Crippen LogP contribution in [0.15, 0.2) is 52.2 Å². The second-order valence-electron chi connectivity index (χ2n) is 5.27. The first-order chi connectivity index (χ1) is 12.7. The summed E-state index contributed by atoms with van der Waals surface area (Å²) in [4.78, 5) is 24.5. The van der Waals surface area contributed by atoms with Crippen LogP contribution in [-0.4, -0.2) is 32.3 Å². The van der Waals surface area contributed by atoms with E-state index < -0.39 is 11.9 Å². The van der Waals surface area contributed by atoms with E-state index in [4.69, 9.17) is 4.42 Å². The number of aromatic nitrogens is 3. The van der Waals surface area contributed by atoms with Crippen LogP contribution in [0, 0.1) is 0 Å². The molecule has 0 radical (unpaired) electrons. The highest BCUT2D eigenvalue weighted by Crippen LogP contribution is 2.29. The number of urea groups is 1. The molecule has 0 aliphatic carbocycles. The number of carbonyl (C=O) groups excluding carboxylic acids is 2. The Morgan fingerprint density at radius 3 is 2.92 bits per heavy atom. The van der Waals surface area contributed by atoms with Gasteiger partial charge in [-0.15, -0.1) is 10.2 Å². The summed E-state index contributed by atoms with van der Waals surface area (Å²) in [6.45, 7) is 0.213. The molecule has 3 heterocycles. The lowest BCUT2D eigenvalue weighted by atomic mass is 10.3. The molecule has 132 valence electrons. The third-order valence-electron chi connectivity index (χ3n) is 3.50. The Balaban J connectivity index is 1.35. The van der Waals surface area contributed by atoms with Gasteiger partial charge < -0.3 is 9.73 Å². The van der Waals surface area contributed by atoms with Gasteiger partial charge in [0.2, 0.25) is 10.9 Å². The number of fused-ring (bicyclic) bond motifs is 3. The van der Waals surface area contributed by atoms with Crippen LogP contribution in [0.25, 0.3) is 15.2 Å². The second-order valence-corrected chi connectivity index (χ2v) is 7.22. The highest BCUT2D eigenvalue weighted by atomic mass is 32.2. The van der Waals surface area contributed by atoms with Crippen molar-refractivity contribution in [1.82, 2.24) is 25.2 Å². The molecular formula is C16H13N5O3S2. The number of nitrogens with zero attached hydrogens (tertiary/aromatic N) is 3. The molecule has 3 amide bonds. The van der Waals surface area contributed by atoms with Gasteiger partial charge in [-0.1, -0.05) is 35.2 Å². The normalized spacial score (nSPS) is 11.1. The topological polar surface area (TPSA) is 102 Å². The molecule has 0 aliphatic rings. The van der Waals surface area contributed by atoms with Gasteiger partial charge in [0.15, 0.2) is 5.16 Å². The summed E-state index contributed by atoms with van der Waals surface area (Å²) in [7, 11) is 0. The van der Waals surface area contributed by atoms with E-state index in [1.807, 2.05) is 28.7 Å². The number of hydrogen-bond donors (Lipinski definition) is 2. The predicted molar refractivity (Wildman–Crippen MR) is 98.2 cm³/mol. The van der Waals surface area contributed by atoms with Crippen molar-refractivity contribution in [2.75, 3.05) is 5.75 Å². The van der Waals surface area contributed by atoms with E-state index in [1.54, 1.807) is 12.1 Å². The van der Waals surface area contributed by atoms with E-state index in [1.165, 1.54) is 29.4 Å². The van der Waals surface area contributed by atoms with Gasteiger partial charge in [0, 0.05) is 0 Å². The van der Waals surface area contributed by atoms with E-state index in [2.05, 4.69) is 20.8 Å². The average Bonchev–Trinajstić information content (AvgIpc) is 3.35. The van der Waals surface area contributed by atoms with Crippen molar-refractivity contribution in [2.24, 2.45) is 0 Å². The number of furan rings is 1. The van der Waals surface area contributed by atoms with Gasteiger partial charge in [-0.2, -0.15) is 0 Å². The fourth-order valence-corrected chi connectivity index (χ4v) is 4.13. The summed E-state index contributed by atoms with van der Waals surface area (Å²) >= 11 is 2.76. The Morgan fingerprint density at radius 1 is 1.19 bits per heavy atom. The fraction of sp³-hybridized carbons (Fsp3) is 0.125. The van der Waals surface area contributed by atoms with Crippen LogP contribution in [0.2, 0.25) is 0 Å². The van der Waals surface area contributed by atoms with E-state index >= 15 is 0 Å². The number of nitrogens with one attached hydrogen (secondary N) is 2. The van der Waals surface area contributed by atoms with Crippen molar-refractivity contribution in [2.45, 2.75) is 11.7 Å². The predicted octanol–water partition coefficient (Wildman–Crippen LogP) is 2.66. The third-order valence-corrected chi connectivity index (χ3v) is 5.44. The van der Waals surface area contributed by atoms with Crippen LogP contribution in [0.1, 0.15) is 5.76 Å². The highest BCUT2D eigenvalue weighted by molar-refractivity contribution is 7.99. The minimum absolute atomic E-state index is 0.0547. The Labute approximate surface area is 155 Å². The van der Waals surface area contributed by atoms with E-state index in [-0.39, 0.29) is 12.3 Å². The van der Waals surface area contributed by atoms with Crippen LogP contribution in [0.4, 0.5) is 4.79 Å². The number of thioether (sulfide) groups is 1. The number of benzene rings is 1. The van der Waals surface area contributed by atoms with Gasteiger partial charge in [-0.25, -0.2) is 4.79 Å². The first kappa shape index (κ1) is 16.6. The van der Waals surface area contributed by atoms with Gasteiger partial charge >= 0.3 is 6.03 Å². The first-order valence-electron chi connectivity index (χ1n) is 7.66. The quantitative estimate of drug-likeness (QED) is 0.511. The molecule has 0 fully saturated rings. The summed E-state index contributed by atoms with van der Waals surface area (Å²) in [5.41, 5.74) is 0.997. The van der Waals surface area contributed by atoms with Crippen molar-refractivity contribution in [3.05, 3.63) is 48.4 Å². The maximum Gasteiger partial charge on any atom is 0.321 e. The minimum atomic E-state index is -0.570. The molecule has 4 rings (SSSR count). The zero-order valence-corrected chi connectivity index (χ0v) is 15.0. The number of rotatable bonds is 5. The molecule has 2 N–H and O–H groups in total. The van der Waals surface area contributed by atoms with Crippen LogP contribution < -0.4 is 10.6 Å². The molecule has 0 atom stereocenters. The SMILES string of the molecule is O=C(CSc1nnc2sc3ccccc3n12)NC(=O)NCc1ccco1. The van der Waals surface area contributed by atoms with Crippen molar-refractivity contribution in [3.63, 3.8) is 0 Å². The van der Waals surface area contributed by atoms with Gasteiger partial charge in [-0.05, 0) is 24.3 Å². The summed E-state index contributed by atoms with van der Waals surface area (Å²) in [5.74, 6) is 0.250. The van der Waals surface area contributed by atoms with E-state index in [0.717, 1.165) is 15.2 Å². The van der Waals surface area contributed by atoms with Crippen molar-refractivity contribution >= 4 is 50.2 Å². The van der Waals surface area contributed by atoms with E-state index in [9.17, 15) is 9.59 Å². The number of carbonyl (C=O) groups is 2. The lowest BCUT2D eigenvalue weighted by Gasteiger charge is -2.05. The van der Waals surface area contributed by atoms with Gasteiger partial charge in [0.05, 0.1) is 28.8 Å². The Morgan fingerprint density at radius 2 is 2.08 bits per heavy atom. The summed E-state index contributed by atoms with van der Waals surface area (Å²) in [6, 6.07) is 10.8. The Kier molecular flexibility index (Phi) is 4.59. The second kappa shape index (κ2) is 7.18.